The zero-order valence-corrected chi connectivity index (χ0v) is 15.7. The zero-order chi connectivity index (χ0) is 20.4. The Morgan fingerprint density at radius 3 is 2.36 bits per heavy atom. The summed E-state index contributed by atoms with van der Waals surface area (Å²) in [6.07, 6.45) is 0. The van der Waals surface area contributed by atoms with Crippen molar-refractivity contribution in [3.05, 3.63) is 34.9 Å². The molecule has 0 aliphatic carbocycles. The van der Waals surface area contributed by atoms with Crippen molar-refractivity contribution >= 4 is 34.7 Å². The molecule has 10 heteroatoms. The first-order valence-corrected chi connectivity index (χ1v) is 8.15. The van der Waals surface area contributed by atoms with Crippen LogP contribution in [0.4, 0.5) is 5.69 Å². The van der Waals surface area contributed by atoms with E-state index in [0.717, 1.165) is 0 Å². The number of carbonyl (C=O) groups is 3. The van der Waals surface area contributed by atoms with Gasteiger partial charge >= 0.3 is 17.9 Å². The van der Waals surface area contributed by atoms with Gasteiger partial charge in [0.2, 0.25) is 0 Å². The third-order valence-corrected chi connectivity index (χ3v) is 4.12. The van der Waals surface area contributed by atoms with E-state index in [0.29, 0.717) is 22.7 Å². The number of hydrogen-bond acceptors (Lipinski definition) is 10. The highest BCUT2D eigenvalue weighted by molar-refractivity contribution is 6.06. The number of ether oxygens (including phenoxy) is 4. The molecule has 0 fully saturated rings. The first-order valence-electron chi connectivity index (χ1n) is 8.15. The molecule has 0 unspecified atom stereocenters. The summed E-state index contributed by atoms with van der Waals surface area (Å²) in [4.78, 5) is 42.3. The Morgan fingerprint density at radius 2 is 1.71 bits per heavy atom. The normalized spacial score (nSPS) is 14.2. The summed E-state index contributed by atoms with van der Waals surface area (Å²) in [5.74, 6) is -1.75. The lowest BCUT2D eigenvalue weighted by atomic mass is 10.1. The molecule has 0 N–H and O–H groups in total. The topological polar surface area (TPSA) is 117 Å². The van der Waals surface area contributed by atoms with Gasteiger partial charge in [-0.1, -0.05) is 0 Å². The van der Waals surface area contributed by atoms with Crippen LogP contribution in [0.1, 0.15) is 16.2 Å². The van der Waals surface area contributed by atoms with Gasteiger partial charge in [0, 0.05) is 6.92 Å². The second kappa shape index (κ2) is 7.69. The Hall–Kier alpha value is -3.40. The highest BCUT2D eigenvalue weighted by atomic mass is 16.5. The van der Waals surface area contributed by atoms with Crippen LogP contribution in [0.5, 0.6) is 0 Å². The number of rotatable bonds is 4. The lowest BCUT2D eigenvalue weighted by molar-refractivity contribution is -0.140. The highest BCUT2D eigenvalue weighted by Crippen LogP contribution is 2.34. The number of aromatic nitrogens is 1. The fourth-order valence-corrected chi connectivity index (χ4v) is 2.90. The van der Waals surface area contributed by atoms with Gasteiger partial charge in [-0.2, -0.15) is 0 Å². The van der Waals surface area contributed by atoms with Crippen LogP contribution >= 0.6 is 0 Å². The first-order chi connectivity index (χ1) is 13.4. The minimum absolute atomic E-state index is 0.0199. The number of anilines is 1. The number of benzene rings is 1. The summed E-state index contributed by atoms with van der Waals surface area (Å²) in [5.41, 5.74) is 1.07. The SMILES string of the molecule is COC(=O)C1=C(C(=O)OC)N(c2cc(C(=O)OC)cc3nc(C)oc23)COC1. The molecule has 0 bridgehead atoms. The fraction of sp³-hybridized carbons (Fsp3) is 0.333. The number of carbonyl (C=O) groups excluding carboxylic acids is 3. The lowest BCUT2D eigenvalue weighted by Crippen LogP contribution is -2.39. The van der Waals surface area contributed by atoms with Gasteiger partial charge < -0.3 is 28.3 Å². The van der Waals surface area contributed by atoms with Gasteiger partial charge in [-0.15, -0.1) is 0 Å². The molecule has 2 aromatic rings. The molecule has 10 nitrogen and oxygen atoms in total. The van der Waals surface area contributed by atoms with Crippen molar-refractivity contribution in [3.8, 4) is 0 Å². The molecule has 0 spiro atoms. The Balaban J connectivity index is 2.27. The largest absolute Gasteiger partial charge is 0.466 e. The third kappa shape index (κ3) is 3.29. The van der Waals surface area contributed by atoms with Gasteiger partial charge in [-0.25, -0.2) is 19.4 Å². The van der Waals surface area contributed by atoms with Crippen LogP contribution in [-0.2, 0) is 28.5 Å². The zero-order valence-electron chi connectivity index (χ0n) is 15.7. The predicted octanol–water partition coefficient (Wildman–Crippen LogP) is 1.32. The highest BCUT2D eigenvalue weighted by Gasteiger charge is 2.34. The predicted molar refractivity (Wildman–Crippen MR) is 94.4 cm³/mol. The van der Waals surface area contributed by atoms with E-state index in [1.807, 2.05) is 0 Å². The summed E-state index contributed by atoms with van der Waals surface area (Å²) >= 11 is 0. The minimum atomic E-state index is -0.767. The van der Waals surface area contributed by atoms with Gasteiger partial charge in [0.15, 0.2) is 11.5 Å². The smallest absolute Gasteiger partial charge is 0.355 e. The second-order valence-corrected chi connectivity index (χ2v) is 5.78. The molecule has 0 radical (unpaired) electrons. The van der Waals surface area contributed by atoms with Gasteiger partial charge in [0.05, 0.1) is 44.8 Å². The minimum Gasteiger partial charge on any atom is -0.466 e. The van der Waals surface area contributed by atoms with E-state index >= 15 is 0 Å². The monoisotopic (exact) mass is 390 g/mol. The lowest BCUT2D eigenvalue weighted by Gasteiger charge is -2.31. The van der Waals surface area contributed by atoms with Crippen LogP contribution in [0.3, 0.4) is 0 Å². The summed E-state index contributed by atoms with van der Waals surface area (Å²) in [7, 11) is 3.63. The average molecular weight is 390 g/mol. The molecule has 3 rings (SSSR count). The molecule has 0 amide bonds. The maximum Gasteiger partial charge on any atom is 0.355 e. The van der Waals surface area contributed by atoms with Crippen molar-refractivity contribution in [2.45, 2.75) is 6.92 Å². The van der Waals surface area contributed by atoms with E-state index in [-0.39, 0.29) is 30.2 Å². The molecule has 1 aliphatic heterocycles. The number of nitrogens with zero attached hydrogens (tertiary/aromatic N) is 2. The molecule has 2 heterocycles. The van der Waals surface area contributed by atoms with Crippen molar-refractivity contribution in [3.63, 3.8) is 0 Å². The standard InChI is InChI=1S/C18H18N2O8/c1-9-19-12-5-10(16(21)24-2)6-13(15(12)28-9)20-8-27-7-11(17(22)25-3)14(20)18(23)26-4/h5-6H,7-8H2,1-4H3. The third-order valence-electron chi connectivity index (χ3n) is 4.12. The molecule has 0 saturated carbocycles. The van der Waals surface area contributed by atoms with E-state index < -0.39 is 17.9 Å². The van der Waals surface area contributed by atoms with Crippen LogP contribution in [-0.4, -0.2) is 57.6 Å². The number of fused-ring (bicyclic) bond motifs is 1. The maximum atomic E-state index is 12.5. The van der Waals surface area contributed by atoms with E-state index in [9.17, 15) is 14.4 Å². The molecule has 1 aliphatic rings. The maximum absolute atomic E-state index is 12.5. The summed E-state index contributed by atoms with van der Waals surface area (Å²) in [6, 6.07) is 2.97. The van der Waals surface area contributed by atoms with Gasteiger partial charge in [0.25, 0.3) is 0 Å². The van der Waals surface area contributed by atoms with Crippen LogP contribution < -0.4 is 4.90 Å². The number of oxazole rings is 1. The van der Waals surface area contributed by atoms with Crippen molar-refractivity contribution in [1.82, 2.24) is 4.98 Å². The number of aryl methyl sites for hydroxylation is 1. The number of hydrogen-bond donors (Lipinski definition) is 0. The van der Waals surface area contributed by atoms with E-state index in [1.165, 1.54) is 38.4 Å². The Morgan fingerprint density at radius 1 is 1.04 bits per heavy atom. The Kier molecular flexibility index (Phi) is 5.32. The molecule has 1 aromatic heterocycles. The van der Waals surface area contributed by atoms with E-state index in [2.05, 4.69) is 4.98 Å². The molecular formula is C18H18N2O8. The first kappa shape index (κ1) is 19.4. The van der Waals surface area contributed by atoms with Gasteiger partial charge in [-0.05, 0) is 12.1 Å². The second-order valence-electron chi connectivity index (χ2n) is 5.78. The summed E-state index contributed by atoms with van der Waals surface area (Å²) < 4.78 is 25.5. The van der Waals surface area contributed by atoms with Crippen molar-refractivity contribution < 1.29 is 37.7 Å². The number of methoxy groups -OCH3 is 3. The van der Waals surface area contributed by atoms with Crippen molar-refractivity contribution in [1.29, 1.82) is 0 Å². The van der Waals surface area contributed by atoms with Crippen molar-refractivity contribution in [2.75, 3.05) is 39.6 Å². The molecule has 28 heavy (non-hydrogen) atoms. The number of esters is 3. The van der Waals surface area contributed by atoms with Crippen LogP contribution in [0.15, 0.2) is 27.8 Å². The molecule has 148 valence electrons. The van der Waals surface area contributed by atoms with Gasteiger partial charge in [0.1, 0.15) is 17.9 Å². The molecular weight excluding hydrogens is 372 g/mol. The van der Waals surface area contributed by atoms with Crippen LogP contribution in [0.25, 0.3) is 11.1 Å². The molecule has 0 atom stereocenters. The molecule has 1 aromatic carbocycles. The summed E-state index contributed by atoms with van der Waals surface area (Å²) in [5, 5.41) is 0. The quantitative estimate of drug-likeness (QED) is 0.559. The average Bonchev–Trinajstić information content (AvgIpc) is 3.10. The van der Waals surface area contributed by atoms with Crippen LogP contribution in [0.2, 0.25) is 0 Å². The Labute approximate surface area is 159 Å². The van der Waals surface area contributed by atoms with Crippen molar-refractivity contribution in [2.24, 2.45) is 0 Å². The van der Waals surface area contributed by atoms with E-state index in [4.69, 9.17) is 23.4 Å². The fourth-order valence-electron chi connectivity index (χ4n) is 2.90. The van der Waals surface area contributed by atoms with Gasteiger partial charge in [-0.3, -0.25) is 0 Å². The van der Waals surface area contributed by atoms with E-state index in [1.54, 1.807) is 6.92 Å². The van der Waals surface area contributed by atoms with Crippen LogP contribution in [0, 0.1) is 6.92 Å². The Bertz CT molecular complexity index is 991. The summed E-state index contributed by atoms with van der Waals surface area (Å²) in [6.45, 7) is 1.42. The molecule has 0 saturated heterocycles.